The Hall–Kier alpha value is -1.26. The topological polar surface area (TPSA) is 15.6 Å². The van der Waals surface area contributed by atoms with Gasteiger partial charge in [-0.2, -0.15) is 0 Å². The first-order valence-electron chi connectivity index (χ1n) is 6.01. The van der Waals surface area contributed by atoms with Gasteiger partial charge in [0.15, 0.2) is 5.17 Å². The average Bonchev–Trinajstić information content (AvgIpc) is 3.02. The molecule has 0 atom stereocenters. The van der Waals surface area contributed by atoms with Crippen molar-refractivity contribution in [1.82, 2.24) is 4.90 Å². The highest BCUT2D eigenvalue weighted by Gasteiger charge is 2.30. The lowest BCUT2D eigenvalue weighted by atomic mass is 10.1. The van der Waals surface area contributed by atoms with Crippen LogP contribution in [0.2, 0.25) is 0 Å². The predicted molar refractivity (Wildman–Crippen MR) is 81.0 cm³/mol. The summed E-state index contributed by atoms with van der Waals surface area (Å²) in [6.07, 6.45) is 0. The van der Waals surface area contributed by atoms with Crippen LogP contribution in [0.4, 0.5) is 0 Å². The zero-order chi connectivity index (χ0) is 12.1. The third-order valence-corrected chi connectivity index (χ3v) is 5.30. The Morgan fingerprint density at radius 1 is 1.28 bits per heavy atom. The minimum Gasteiger partial charge on any atom is -0.318 e. The lowest BCUT2D eigenvalue weighted by Gasteiger charge is -2.17. The van der Waals surface area contributed by atoms with Crippen molar-refractivity contribution in [2.75, 3.05) is 13.1 Å². The molecule has 0 aliphatic carbocycles. The summed E-state index contributed by atoms with van der Waals surface area (Å²) < 4.78 is 1.36. The van der Waals surface area contributed by atoms with Crippen molar-refractivity contribution >= 4 is 44.0 Å². The van der Waals surface area contributed by atoms with E-state index in [-0.39, 0.29) is 0 Å². The molecule has 18 heavy (non-hydrogen) atoms. The molecule has 0 amide bonds. The van der Waals surface area contributed by atoms with E-state index >= 15 is 0 Å². The molecular formula is C14H12N2S2. The molecule has 2 aromatic rings. The maximum absolute atomic E-state index is 4.54. The number of nitrogens with zero attached hydrogens (tertiary/aromatic N) is 2. The van der Waals surface area contributed by atoms with E-state index < -0.39 is 0 Å². The first-order chi connectivity index (χ1) is 8.83. The van der Waals surface area contributed by atoms with E-state index in [4.69, 9.17) is 0 Å². The maximum Gasteiger partial charge on any atom is 0.168 e. The van der Waals surface area contributed by atoms with Gasteiger partial charge in [-0.3, -0.25) is 4.99 Å². The van der Waals surface area contributed by atoms with Crippen LogP contribution >= 0.6 is 23.1 Å². The van der Waals surface area contributed by atoms with Crippen molar-refractivity contribution in [1.29, 1.82) is 0 Å². The van der Waals surface area contributed by atoms with Gasteiger partial charge in [0.05, 0.1) is 12.2 Å². The van der Waals surface area contributed by atoms with Crippen molar-refractivity contribution in [3.63, 3.8) is 0 Å². The number of thioether (sulfide) groups is 1. The number of thiophene rings is 1. The summed E-state index contributed by atoms with van der Waals surface area (Å²) in [4.78, 5) is 8.26. The number of aliphatic imine (C=N–C) groups is 1. The summed E-state index contributed by atoms with van der Waals surface area (Å²) in [6.45, 7) is 4.15. The van der Waals surface area contributed by atoms with Gasteiger partial charge in [-0.25, -0.2) is 0 Å². The van der Waals surface area contributed by atoms with Crippen molar-refractivity contribution in [2.45, 2.75) is 6.92 Å². The highest BCUT2D eigenvalue weighted by molar-refractivity contribution is 8.17. The molecule has 90 valence electrons. The van der Waals surface area contributed by atoms with Crippen LogP contribution in [0.5, 0.6) is 0 Å². The van der Waals surface area contributed by atoms with Crippen LogP contribution in [-0.2, 0) is 0 Å². The van der Waals surface area contributed by atoms with Crippen LogP contribution in [0.15, 0.2) is 39.5 Å². The quantitative estimate of drug-likeness (QED) is 0.779. The van der Waals surface area contributed by atoms with Gasteiger partial charge >= 0.3 is 0 Å². The second kappa shape index (κ2) is 3.87. The normalized spacial score (nSPS) is 18.7. The molecule has 4 rings (SSSR count). The van der Waals surface area contributed by atoms with E-state index in [1.165, 1.54) is 31.4 Å². The SMILES string of the molecule is CC1=C(c2ccc3sccc3c2)N2CCN=C2S1. The lowest BCUT2D eigenvalue weighted by Crippen LogP contribution is -2.19. The van der Waals surface area contributed by atoms with Gasteiger partial charge in [0.2, 0.25) is 0 Å². The summed E-state index contributed by atoms with van der Waals surface area (Å²) >= 11 is 3.60. The molecule has 0 radical (unpaired) electrons. The van der Waals surface area contributed by atoms with Crippen LogP contribution < -0.4 is 0 Å². The van der Waals surface area contributed by atoms with Gasteiger partial charge in [0, 0.05) is 16.1 Å². The van der Waals surface area contributed by atoms with Gasteiger partial charge in [-0.15, -0.1) is 11.3 Å². The fourth-order valence-electron chi connectivity index (χ4n) is 2.57. The first-order valence-corrected chi connectivity index (χ1v) is 7.71. The molecule has 2 nitrogen and oxygen atoms in total. The van der Waals surface area contributed by atoms with E-state index in [9.17, 15) is 0 Å². The van der Waals surface area contributed by atoms with Crippen molar-refractivity contribution in [3.8, 4) is 0 Å². The number of fused-ring (bicyclic) bond motifs is 2. The highest BCUT2D eigenvalue weighted by atomic mass is 32.2. The maximum atomic E-state index is 4.54. The van der Waals surface area contributed by atoms with Gasteiger partial charge in [0.1, 0.15) is 0 Å². The molecule has 1 aromatic carbocycles. The van der Waals surface area contributed by atoms with E-state index in [0.29, 0.717) is 0 Å². The zero-order valence-electron chi connectivity index (χ0n) is 10.0. The second-order valence-electron chi connectivity index (χ2n) is 4.50. The molecule has 2 aliphatic rings. The smallest absolute Gasteiger partial charge is 0.168 e. The molecule has 1 aromatic heterocycles. The molecule has 0 saturated heterocycles. The fourth-order valence-corrected chi connectivity index (χ4v) is 4.39. The summed E-state index contributed by atoms with van der Waals surface area (Å²) in [5, 5.41) is 4.67. The summed E-state index contributed by atoms with van der Waals surface area (Å²) in [7, 11) is 0. The molecule has 0 fully saturated rings. The first kappa shape index (κ1) is 10.6. The Balaban J connectivity index is 1.86. The molecule has 0 saturated carbocycles. The number of amidine groups is 1. The van der Waals surface area contributed by atoms with Crippen LogP contribution in [0, 0.1) is 0 Å². The summed E-state index contributed by atoms with van der Waals surface area (Å²) in [5.41, 5.74) is 2.67. The molecular weight excluding hydrogens is 260 g/mol. The summed E-state index contributed by atoms with van der Waals surface area (Å²) in [5.74, 6) is 0. The lowest BCUT2D eigenvalue weighted by molar-refractivity contribution is 0.648. The average molecular weight is 272 g/mol. The zero-order valence-corrected chi connectivity index (χ0v) is 11.6. The van der Waals surface area contributed by atoms with Gasteiger partial charge in [-0.05, 0) is 41.5 Å². The van der Waals surface area contributed by atoms with Crippen LogP contribution in [-0.4, -0.2) is 23.2 Å². The minimum absolute atomic E-state index is 0.930. The van der Waals surface area contributed by atoms with Gasteiger partial charge in [0.25, 0.3) is 0 Å². The number of rotatable bonds is 1. The molecule has 0 unspecified atom stereocenters. The Kier molecular flexibility index (Phi) is 2.29. The van der Waals surface area contributed by atoms with E-state index in [1.807, 2.05) is 0 Å². The van der Waals surface area contributed by atoms with Gasteiger partial charge in [-0.1, -0.05) is 17.8 Å². The summed E-state index contributed by atoms with van der Waals surface area (Å²) in [6, 6.07) is 8.96. The third kappa shape index (κ3) is 1.45. The van der Waals surface area contributed by atoms with Crippen LogP contribution in [0.25, 0.3) is 15.8 Å². The molecule has 0 N–H and O–H groups in total. The molecule has 4 heteroatoms. The van der Waals surface area contributed by atoms with Crippen LogP contribution in [0.3, 0.4) is 0 Å². The van der Waals surface area contributed by atoms with Gasteiger partial charge < -0.3 is 4.90 Å². The Labute approximate surface area is 114 Å². The van der Waals surface area contributed by atoms with E-state index in [2.05, 4.69) is 46.5 Å². The Morgan fingerprint density at radius 2 is 2.22 bits per heavy atom. The van der Waals surface area contributed by atoms with Crippen LogP contribution in [0.1, 0.15) is 12.5 Å². The number of hydrogen-bond donors (Lipinski definition) is 0. The van der Waals surface area contributed by atoms with Crippen molar-refractivity contribution in [3.05, 3.63) is 40.1 Å². The van der Waals surface area contributed by atoms with E-state index in [0.717, 1.165) is 13.1 Å². The molecule has 3 heterocycles. The standard InChI is InChI=1S/C14H12N2S2/c1-9-13(16-6-5-15-14(16)18-9)11-2-3-12-10(8-11)4-7-17-12/h2-4,7-8H,5-6H2,1H3. The molecule has 0 spiro atoms. The monoisotopic (exact) mass is 272 g/mol. The Bertz CT molecular complexity index is 697. The molecule has 0 bridgehead atoms. The predicted octanol–water partition coefficient (Wildman–Crippen LogP) is 4.01. The minimum atomic E-state index is 0.930. The van der Waals surface area contributed by atoms with Crippen molar-refractivity contribution in [2.24, 2.45) is 4.99 Å². The van der Waals surface area contributed by atoms with E-state index in [1.54, 1.807) is 23.1 Å². The highest BCUT2D eigenvalue weighted by Crippen LogP contribution is 2.41. The number of benzene rings is 1. The Morgan fingerprint density at radius 3 is 3.17 bits per heavy atom. The van der Waals surface area contributed by atoms with Crippen molar-refractivity contribution < 1.29 is 0 Å². The molecule has 2 aliphatic heterocycles. The third-order valence-electron chi connectivity index (χ3n) is 3.38. The fraction of sp³-hybridized carbons (Fsp3) is 0.214. The number of hydrogen-bond acceptors (Lipinski definition) is 4. The number of allylic oxidation sites excluding steroid dienone is 1. The second-order valence-corrected chi connectivity index (χ2v) is 6.63. The largest absolute Gasteiger partial charge is 0.318 e.